The molecule has 31 heavy (non-hydrogen) atoms. The Balaban J connectivity index is 1.59. The lowest BCUT2D eigenvalue weighted by Crippen LogP contribution is -2.26. The van der Waals surface area contributed by atoms with E-state index in [1.807, 2.05) is 54.8 Å². The number of nitrogens with zero attached hydrogens (tertiary/aromatic N) is 2. The molecule has 1 amide bonds. The van der Waals surface area contributed by atoms with Gasteiger partial charge in [-0.2, -0.15) is 5.10 Å². The summed E-state index contributed by atoms with van der Waals surface area (Å²) in [5.41, 5.74) is 2.87. The lowest BCUT2D eigenvalue weighted by Gasteiger charge is -2.15. The molecule has 4 rings (SSSR count). The summed E-state index contributed by atoms with van der Waals surface area (Å²) in [5, 5.41) is 9.59. The minimum absolute atomic E-state index is 0.171. The van der Waals surface area contributed by atoms with Crippen molar-refractivity contribution in [3.63, 3.8) is 0 Å². The summed E-state index contributed by atoms with van der Waals surface area (Å²) in [6.07, 6.45) is 1.76. The van der Waals surface area contributed by atoms with Crippen LogP contribution in [0.1, 0.15) is 34.5 Å². The molecule has 0 fully saturated rings. The second-order valence-electron chi connectivity index (χ2n) is 7.14. The number of amides is 1. The van der Waals surface area contributed by atoms with Gasteiger partial charge in [0.2, 0.25) is 0 Å². The smallest absolute Gasteiger partial charge is 0.255 e. The van der Waals surface area contributed by atoms with Gasteiger partial charge in [-0.05, 0) is 41.6 Å². The molecule has 0 saturated heterocycles. The number of hydrogen-bond acceptors (Lipinski definition) is 4. The van der Waals surface area contributed by atoms with Crippen molar-refractivity contribution in [3.05, 3.63) is 94.7 Å². The van der Waals surface area contributed by atoms with Gasteiger partial charge in [0.15, 0.2) is 11.6 Å². The Kier molecular flexibility index (Phi) is 6.13. The van der Waals surface area contributed by atoms with Gasteiger partial charge in [-0.15, -0.1) is 11.3 Å². The zero-order chi connectivity index (χ0) is 21.8. The minimum atomic E-state index is -0.462. The molecule has 2 aromatic carbocycles. The van der Waals surface area contributed by atoms with Crippen LogP contribution in [0.4, 0.5) is 4.39 Å². The summed E-state index contributed by atoms with van der Waals surface area (Å²) >= 11 is 1.53. The average Bonchev–Trinajstić information content (AvgIpc) is 3.44. The van der Waals surface area contributed by atoms with E-state index in [-0.39, 0.29) is 17.7 Å². The van der Waals surface area contributed by atoms with Gasteiger partial charge in [-0.1, -0.05) is 42.5 Å². The highest BCUT2D eigenvalue weighted by molar-refractivity contribution is 7.13. The van der Waals surface area contributed by atoms with Crippen LogP contribution in [-0.4, -0.2) is 22.8 Å². The van der Waals surface area contributed by atoms with Crippen LogP contribution < -0.4 is 10.1 Å². The van der Waals surface area contributed by atoms with Crippen LogP contribution >= 0.6 is 11.3 Å². The predicted molar refractivity (Wildman–Crippen MR) is 120 cm³/mol. The van der Waals surface area contributed by atoms with E-state index in [9.17, 15) is 9.18 Å². The molecule has 5 nitrogen and oxygen atoms in total. The fourth-order valence-corrected chi connectivity index (χ4v) is 4.07. The molecule has 0 aliphatic heterocycles. The first-order valence-corrected chi connectivity index (χ1v) is 10.7. The molecular formula is C24H22FN3O2S. The van der Waals surface area contributed by atoms with Gasteiger partial charge in [-0.25, -0.2) is 4.39 Å². The van der Waals surface area contributed by atoms with E-state index in [4.69, 9.17) is 4.74 Å². The first kappa shape index (κ1) is 20.8. The number of aromatic nitrogens is 2. The maximum Gasteiger partial charge on any atom is 0.255 e. The fraction of sp³-hybridized carbons (Fsp3) is 0.167. The van der Waals surface area contributed by atoms with Gasteiger partial charge < -0.3 is 10.1 Å². The molecule has 1 N–H and O–H groups in total. The number of carbonyl (C=O) groups is 1. The highest BCUT2D eigenvalue weighted by Gasteiger charge is 2.21. The topological polar surface area (TPSA) is 56.1 Å². The molecule has 0 bridgehead atoms. The van der Waals surface area contributed by atoms with Crippen LogP contribution in [0.3, 0.4) is 0 Å². The van der Waals surface area contributed by atoms with E-state index in [1.165, 1.54) is 24.5 Å². The Morgan fingerprint density at radius 2 is 2.00 bits per heavy atom. The zero-order valence-corrected chi connectivity index (χ0v) is 18.0. The average molecular weight is 436 g/mol. The number of hydrogen-bond donors (Lipinski definition) is 1. The van der Waals surface area contributed by atoms with E-state index in [0.717, 1.165) is 10.4 Å². The monoisotopic (exact) mass is 435 g/mol. The molecule has 7 heteroatoms. The molecule has 0 spiro atoms. The molecule has 4 aromatic rings. The van der Waals surface area contributed by atoms with Crippen molar-refractivity contribution in [1.29, 1.82) is 0 Å². The van der Waals surface area contributed by atoms with Gasteiger partial charge in [0, 0.05) is 6.20 Å². The van der Waals surface area contributed by atoms with Crippen molar-refractivity contribution in [3.8, 4) is 16.3 Å². The second kappa shape index (κ2) is 9.14. The molecule has 1 atom stereocenters. The van der Waals surface area contributed by atoms with Crippen LogP contribution in [0.2, 0.25) is 0 Å². The maximum atomic E-state index is 14.1. The Labute approximate surface area is 184 Å². The number of benzene rings is 2. The predicted octanol–water partition coefficient (Wildman–Crippen LogP) is 5.30. The zero-order valence-electron chi connectivity index (χ0n) is 17.2. The molecule has 0 aliphatic carbocycles. The summed E-state index contributed by atoms with van der Waals surface area (Å²) in [5.74, 6) is -0.549. The number of carbonyl (C=O) groups excluding carboxylic acids is 1. The Hall–Kier alpha value is -3.45. The summed E-state index contributed by atoms with van der Waals surface area (Å²) < 4.78 is 20.8. The van der Waals surface area contributed by atoms with E-state index in [0.29, 0.717) is 23.4 Å². The van der Waals surface area contributed by atoms with E-state index < -0.39 is 5.82 Å². The van der Waals surface area contributed by atoms with Gasteiger partial charge in [-0.3, -0.25) is 9.48 Å². The normalized spacial score (nSPS) is 11.8. The van der Waals surface area contributed by atoms with Crippen molar-refractivity contribution in [2.24, 2.45) is 0 Å². The van der Waals surface area contributed by atoms with Crippen LogP contribution in [0, 0.1) is 5.82 Å². The molecule has 0 unspecified atom stereocenters. The van der Waals surface area contributed by atoms with Crippen molar-refractivity contribution in [2.75, 3.05) is 7.11 Å². The molecule has 2 aromatic heterocycles. The summed E-state index contributed by atoms with van der Waals surface area (Å²) in [7, 11) is 1.42. The quantitative estimate of drug-likeness (QED) is 0.429. The van der Waals surface area contributed by atoms with Crippen LogP contribution in [-0.2, 0) is 6.54 Å². The highest BCUT2D eigenvalue weighted by atomic mass is 32.1. The maximum absolute atomic E-state index is 14.1. The summed E-state index contributed by atoms with van der Waals surface area (Å²) in [4.78, 5) is 14.1. The van der Waals surface area contributed by atoms with E-state index in [2.05, 4.69) is 10.4 Å². The SMILES string of the molecule is COc1ccc([C@H](C)NC(=O)c2cn(Cc3ccccc3)nc2-c2cccs2)cc1F. The van der Waals surface area contributed by atoms with E-state index in [1.54, 1.807) is 23.0 Å². The number of halogens is 1. The van der Waals surface area contributed by atoms with Crippen molar-refractivity contribution in [2.45, 2.75) is 19.5 Å². The Bertz CT molecular complexity index is 1170. The molecule has 0 saturated carbocycles. The van der Waals surface area contributed by atoms with Crippen LogP contribution in [0.15, 0.2) is 72.2 Å². The van der Waals surface area contributed by atoms with Crippen molar-refractivity contribution in [1.82, 2.24) is 15.1 Å². The lowest BCUT2D eigenvalue weighted by molar-refractivity contribution is 0.0940. The van der Waals surface area contributed by atoms with Crippen molar-refractivity contribution < 1.29 is 13.9 Å². The van der Waals surface area contributed by atoms with Gasteiger partial charge in [0.1, 0.15) is 5.69 Å². The molecule has 158 valence electrons. The van der Waals surface area contributed by atoms with Crippen molar-refractivity contribution >= 4 is 17.2 Å². The second-order valence-corrected chi connectivity index (χ2v) is 8.09. The molecule has 0 aliphatic rings. The Morgan fingerprint density at radius 1 is 1.19 bits per heavy atom. The Morgan fingerprint density at radius 3 is 2.68 bits per heavy atom. The first-order valence-electron chi connectivity index (χ1n) is 9.84. The third-order valence-corrected chi connectivity index (χ3v) is 5.85. The van der Waals surface area contributed by atoms with Crippen LogP contribution in [0.5, 0.6) is 5.75 Å². The number of thiophene rings is 1. The lowest BCUT2D eigenvalue weighted by atomic mass is 10.1. The fourth-order valence-electron chi connectivity index (χ4n) is 3.34. The summed E-state index contributed by atoms with van der Waals surface area (Å²) in [6, 6.07) is 18.1. The molecular weight excluding hydrogens is 413 g/mol. The first-order chi connectivity index (χ1) is 15.0. The van der Waals surface area contributed by atoms with Crippen LogP contribution in [0.25, 0.3) is 10.6 Å². The third-order valence-electron chi connectivity index (χ3n) is 4.97. The van der Waals surface area contributed by atoms with E-state index >= 15 is 0 Å². The molecule has 0 radical (unpaired) electrons. The number of rotatable bonds is 7. The summed E-state index contributed by atoms with van der Waals surface area (Å²) in [6.45, 7) is 2.38. The van der Waals surface area contributed by atoms with Gasteiger partial charge in [0.05, 0.1) is 30.1 Å². The van der Waals surface area contributed by atoms with Gasteiger partial charge in [0.25, 0.3) is 5.91 Å². The standard InChI is InChI=1S/C24H22FN3O2S/c1-16(18-10-11-21(30-2)20(25)13-18)26-24(29)19-15-28(14-17-7-4-3-5-8-17)27-23(19)22-9-6-12-31-22/h3-13,15-16H,14H2,1-2H3,(H,26,29)/t16-/m0/s1. The molecule has 2 heterocycles. The third kappa shape index (κ3) is 4.67. The largest absolute Gasteiger partial charge is 0.494 e. The number of nitrogens with one attached hydrogen (secondary N) is 1. The minimum Gasteiger partial charge on any atom is -0.494 e. The number of methoxy groups -OCH3 is 1. The van der Waals surface area contributed by atoms with Gasteiger partial charge >= 0.3 is 0 Å². The number of ether oxygens (including phenoxy) is 1. The highest BCUT2D eigenvalue weighted by Crippen LogP contribution is 2.28.